The van der Waals surface area contributed by atoms with E-state index >= 15 is 0 Å². The van der Waals surface area contributed by atoms with Crippen LogP contribution in [0.25, 0.3) is 0 Å². The molecule has 0 saturated carbocycles. The van der Waals surface area contributed by atoms with Crippen LogP contribution >= 0.6 is 7.37 Å². The van der Waals surface area contributed by atoms with Crippen molar-refractivity contribution in [1.29, 1.82) is 0 Å². The van der Waals surface area contributed by atoms with E-state index in [9.17, 15) is 14.3 Å². The smallest absolute Gasteiger partial charge is 0.303 e. The van der Waals surface area contributed by atoms with Gasteiger partial charge in [-0.25, -0.2) is 0 Å². The van der Waals surface area contributed by atoms with Crippen LogP contribution in [-0.4, -0.2) is 57.8 Å². The Hall–Kier alpha value is -1.24. The van der Waals surface area contributed by atoms with Gasteiger partial charge in [0.05, 0.1) is 31.8 Å². The highest BCUT2D eigenvalue weighted by molar-refractivity contribution is 7.66. The van der Waals surface area contributed by atoms with Crippen LogP contribution in [0.4, 0.5) is 0 Å². The van der Waals surface area contributed by atoms with Crippen LogP contribution in [0.5, 0.6) is 0 Å². The molecule has 0 saturated heterocycles. The second kappa shape index (κ2) is 11.3. The zero-order chi connectivity index (χ0) is 17.9. The number of carboxylic acid groups (broad SMARTS) is 1. The van der Waals surface area contributed by atoms with E-state index in [0.717, 1.165) is 0 Å². The van der Waals surface area contributed by atoms with Gasteiger partial charge in [0.2, 0.25) is 7.37 Å². The highest BCUT2D eigenvalue weighted by Gasteiger charge is 2.21. The van der Waals surface area contributed by atoms with E-state index in [0.29, 0.717) is 11.9 Å². The van der Waals surface area contributed by atoms with Gasteiger partial charge in [0.25, 0.3) is 0 Å². The summed E-state index contributed by atoms with van der Waals surface area (Å²) in [6.07, 6.45) is -1.12. The van der Waals surface area contributed by atoms with Crippen molar-refractivity contribution in [2.24, 2.45) is 0 Å². The second-order valence-corrected chi connectivity index (χ2v) is 7.45. The zero-order valence-electron chi connectivity index (χ0n) is 13.3. The molecule has 8 heteroatoms. The minimum Gasteiger partial charge on any atom is -0.481 e. The number of aliphatic hydroxyl groups is 2. The molecule has 0 radical (unpaired) electrons. The number of hydrogen-bond donors (Lipinski definition) is 4. The number of benzene rings is 1. The lowest BCUT2D eigenvalue weighted by molar-refractivity contribution is -0.136. The first-order valence-corrected chi connectivity index (χ1v) is 9.03. The summed E-state index contributed by atoms with van der Waals surface area (Å²) in [5.41, 5.74) is 0. The molecule has 0 aliphatic rings. The van der Waals surface area contributed by atoms with Crippen molar-refractivity contribution < 1.29 is 34.3 Å². The third kappa shape index (κ3) is 11.0. The van der Waals surface area contributed by atoms with Gasteiger partial charge in [-0.3, -0.25) is 9.36 Å². The van der Waals surface area contributed by atoms with Gasteiger partial charge in [0, 0.05) is 11.5 Å². The van der Waals surface area contributed by atoms with Crippen molar-refractivity contribution in [3.8, 4) is 0 Å². The lowest BCUT2D eigenvalue weighted by Crippen LogP contribution is -2.19. The van der Waals surface area contributed by atoms with E-state index in [-0.39, 0.29) is 25.3 Å². The van der Waals surface area contributed by atoms with E-state index in [1.165, 1.54) is 12.1 Å². The minimum atomic E-state index is -3.48. The van der Waals surface area contributed by atoms with Crippen LogP contribution in [0.3, 0.4) is 0 Å². The standard InChI is InChI=1S/C9H11O4P.C6H14O3/c10-9(11)6-7-14(12,13)8-4-2-1-3-5-8;1-5(8)4-9-6(2)3-7/h1-5H,6-7H2,(H,10,11)(H,12,13);5-8H,3-4H2,1-2H3. The quantitative estimate of drug-likeness (QED) is 0.513. The van der Waals surface area contributed by atoms with Crippen molar-refractivity contribution in [3.05, 3.63) is 30.3 Å². The number of carboxylic acids is 1. The number of aliphatic carboxylic acids is 1. The molecule has 1 aromatic rings. The van der Waals surface area contributed by atoms with E-state index in [1.54, 1.807) is 32.0 Å². The largest absolute Gasteiger partial charge is 0.481 e. The Labute approximate surface area is 136 Å². The topological polar surface area (TPSA) is 124 Å². The van der Waals surface area contributed by atoms with Crippen LogP contribution in [0.15, 0.2) is 30.3 Å². The maximum absolute atomic E-state index is 11.6. The predicted octanol–water partition coefficient (Wildman–Crippen LogP) is 0.822. The van der Waals surface area contributed by atoms with Gasteiger partial charge < -0.3 is 24.9 Å². The molecule has 1 aromatic carbocycles. The molecule has 0 amide bonds. The summed E-state index contributed by atoms with van der Waals surface area (Å²) in [7, 11) is -3.48. The molecule has 0 aromatic heterocycles. The van der Waals surface area contributed by atoms with Gasteiger partial charge in [-0.05, 0) is 26.0 Å². The molecule has 0 aliphatic carbocycles. The fourth-order valence-corrected chi connectivity index (χ4v) is 2.78. The normalized spacial score (nSPS) is 15.7. The molecule has 3 unspecified atom stereocenters. The molecule has 7 nitrogen and oxygen atoms in total. The number of carbonyl (C=O) groups is 1. The predicted molar refractivity (Wildman–Crippen MR) is 87.2 cm³/mol. The molecule has 0 bridgehead atoms. The Bertz CT molecular complexity index is 490. The van der Waals surface area contributed by atoms with Gasteiger partial charge in [-0.15, -0.1) is 0 Å². The lowest BCUT2D eigenvalue weighted by atomic mass is 10.4. The fourth-order valence-electron chi connectivity index (χ4n) is 1.39. The summed E-state index contributed by atoms with van der Waals surface area (Å²) in [4.78, 5) is 19.8. The SMILES string of the molecule is CC(O)COC(C)CO.O=C(O)CCP(=O)(O)c1ccccc1. The molecular formula is C15H25O7P. The van der Waals surface area contributed by atoms with Gasteiger partial charge >= 0.3 is 5.97 Å². The summed E-state index contributed by atoms with van der Waals surface area (Å²) in [6, 6.07) is 8.10. The van der Waals surface area contributed by atoms with Gasteiger partial charge in [0.15, 0.2) is 0 Å². The van der Waals surface area contributed by atoms with Crippen LogP contribution in [-0.2, 0) is 14.1 Å². The number of rotatable bonds is 8. The Morgan fingerprint density at radius 1 is 1.26 bits per heavy atom. The van der Waals surface area contributed by atoms with Crippen molar-refractivity contribution in [1.82, 2.24) is 0 Å². The van der Waals surface area contributed by atoms with Gasteiger partial charge in [0.1, 0.15) is 0 Å². The van der Waals surface area contributed by atoms with Crippen LogP contribution in [0.2, 0.25) is 0 Å². The molecule has 0 aliphatic heterocycles. The third-order valence-corrected chi connectivity index (χ3v) is 4.60. The summed E-state index contributed by atoms with van der Waals surface area (Å²) < 4.78 is 16.6. The van der Waals surface area contributed by atoms with Crippen molar-refractivity contribution in [2.45, 2.75) is 32.5 Å². The molecular weight excluding hydrogens is 323 g/mol. The van der Waals surface area contributed by atoms with Crippen molar-refractivity contribution in [3.63, 3.8) is 0 Å². The molecule has 0 fully saturated rings. The maximum atomic E-state index is 11.6. The van der Waals surface area contributed by atoms with E-state index in [1.807, 2.05) is 0 Å². The Balaban J connectivity index is 0.000000468. The zero-order valence-corrected chi connectivity index (χ0v) is 14.2. The summed E-state index contributed by atoms with van der Waals surface area (Å²) in [6.45, 7) is 3.70. The monoisotopic (exact) mass is 348 g/mol. The number of ether oxygens (including phenoxy) is 1. The third-order valence-electron chi connectivity index (χ3n) is 2.67. The Morgan fingerprint density at radius 2 is 1.83 bits per heavy atom. The molecule has 23 heavy (non-hydrogen) atoms. The lowest BCUT2D eigenvalue weighted by Gasteiger charge is -2.10. The Morgan fingerprint density at radius 3 is 2.26 bits per heavy atom. The molecule has 0 heterocycles. The number of hydrogen-bond acceptors (Lipinski definition) is 5. The highest BCUT2D eigenvalue weighted by atomic mass is 31.2. The highest BCUT2D eigenvalue weighted by Crippen LogP contribution is 2.39. The summed E-state index contributed by atoms with van der Waals surface area (Å²) in [5, 5.41) is 25.8. The maximum Gasteiger partial charge on any atom is 0.303 e. The molecule has 4 N–H and O–H groups in total. The van der Waals surface area contributed by atoms with Crippen molar-refractivity contribution in [2.75, 3.05) is 19.4 Å². The molecule has 132 valence electrons. The van der Waals surface area contributed by atoms with E-state index in [2.05, 4.69) is 0 Å². The van der Waals surface area contributed by atoms with Gasteiger partial charge in [-0.1, -0.05) is 18.2 Å². The fraction of sp³-hybridized carbons (Fsp3) is 0.533. The van der Waals surface area contributed by atoms with Crippen LogP contribution in [0, 0.1) is 0 Å². The first-order chi connectivity index (χ1) is 10.7. The first kappa shape index (κ1) is 21.8. The van der Waals surface area contributed by atoms with Gasteiger partial charge in [-0.2, -0.15) is 0 Å². The van der Waals surface area contributed by atoms with Crippen LogP contribution in [0.1, 0.15) is 20.3 Å². The Kier molecular flexibility index (Phi) is 10.7. The van der Waals surface area contributed by atoms with E-state index in [4.69, 9.17) is 20.1 Å². The van der Waals surface area contributed by atoms with Crippen molar-refractivity contribution >= 4 is 18.6 Å². The van der Waals surface area contributed by atoms with Crippen LogP contribution < -0.4 is 5.30 Å². The average molecular weight is 348 g/mol. The summed E-state index contributed by atoms with van der Waals surface area (Å²) >= 11 is 0. The molecule has 3 atom stereocenters. The second-order valence-electron chi connectivity index (χ2n) is 5.08. The molecule has 0 spiro atoms. The molecule has 1 rings (SSSR count). The number of aliphatic hydroxyl groups excluding tert-OH is 2. The summed E-state index contributed by atoms with van der Waals surface area (Å²) in [5.74, 6) is -1.06. The van der Waals surface area contributed by atoms with E-state index < -0.39 is 19.4 Å². The first-order valence-electron chi connectivity index (χ1n) is 7.18. The minimum absolute atomic E-state index is 0.00667. The average Bonchev–Trinajstić information content (AvgIpc) is 2.52.